The molecule has 0 bridgehead atoms. The van der Waals surface area contributed by atoms with Gasteiger partial charge in [-0.15, -0.1) is 0 Å². The van der Waals surface area contributed by atoms with Crippen LogP contribution in [-0.2, 0) is 0 Å². The molecule has 0 aliphatic rings. The lowest BCUT2D eigenvalue weighted by molar-refractivity contribution is 0.816. The molecule has 0 aliphatic carbocycles. The lowest BCUT2D eigenvalue weighted by Crippen LogP contribution is -1.85. The van der Waals surface area contributed by atoms with E-state index in [-0.39, 0.29) is 0 Å². The van der Waals surface area contributed by atoms with Crippen molar-refractivity contribution in [3.63, 3.8) is 0 Å². The SMILES string of the molecule is CCCC/C=C\c1cc(Br)cnc1C. The molecule has 76 valence electrons. The first-order valence-corrected chi connectivity index (χ1v) is 5.82. The zero-order valence-electron chi connectivity index (χ0n) is 8.76. The number of aryl methyl sites for hydroxylation is 1. The van der Waals surface area contributed by atoms with Crippen LogP contribution in [0.15, 0.2) is 22.8 Å². The zero-order valence-corrected chi connectivity index (χ0v) is 10.3. The summed E-state index contributed by atoms with van der Waals surface area (Å²) in [6.07, 6.45) is 9.88. The highest BCUT2D eigenvalue weighted by Gasteiger charge is 1.95. The highest BCUT2D eigenvalue weighted by molar-refractivity contribution is 9.10. The Morgan fingerprint density at radius 1 is 1.50 bits per heavy atom. The number of unbranched alkanes of at least 4 members (excludes halogenated alkanes) is 2. The van der Waals surface area contributed by atoms with Crippen molar-refractivity contribution in [2.75, 3.05) is 0 Å². The largest absolute Gasteiger partial charge is 0.260 e. The van der Waals surface area contributed by atoms with E-state index in [4.69, 9.17) is 0 Å². The van der Waals surface area contributed by atoms with E-state index in [1.165, 1.54) is 18.4 Å². The van der Waals surface area contributed by atoms with Crippen LogP contribution in [0.3, 0.4) is 0 Å². The minimum absolute atomic E-state index is 1.04. The molecule has 0 aliphatic heterocycles. The summed E-state index contributed by atoms with van der Waals surface area (Å²) in [5.74, 6) is 0. The van der Waals surface area contributed by atoms with Gasteiger partial charge in [0.15, 0.2) is 0 Å². The van der Waals surface area contributed by atoms with E-state index in [9.17, 15) is 0 Å². The second kappa shape index (κ2) is 5.97. The van der Waals surface area contributed by atoms with Gasteiger partial charge in [-0.05, 0) is 40.9 Å². The molecule has 1 aromatic heterocycles. The number of aromatic nitrogens is 1. The van der Waals surface area contributed by atoms with Gasteiger partial charge in [0.1, 0.15) is 0 Å². The summed E-state index contributed by atoms with van der Waals surface area (Å²) in [7, 11) is 0. The molecule has 0 unspecified atom stereocenters. The lowest BCUT2D eigenvalue weighted by Gasteiger charge is -1.99. The average molecular weight is 254 g/mol. The van der Waals surface area contributed by atoms with Gasteiger partial charge >= 0.3 is 0 Å². The summed E-state index contributed by atoms with van der Waals surface area (Å²) in [6.45, 7) is 4.24. The first-order chi connectivity index (χ1) is 6.74. The summed E-state index contributed by atoms with van der Waals surface area (Å²) in [4.78, 5) is 4.28. The summed E-state index contributed by atoms with van der Waals surface area (Å²) >= 11 is 3.42. The van der Waals surface area contributed by atoms with Crippen LogP contribution in [0.2, 0.25) is 0 Å². The first kappa shape index (κ1) is 11.4. The minimum atomic E-state index is 1.04. The number of rotatable bonds is 4. The Labute approximate surface area is 94.4 Å². The molecular weight excluding hydrogens is 238 g/mol. The van der Waals surface area contributed by atoms with Crippen molar-refractivity contribution in [3.05, 3.63) is 34.1 Å². The topological polar surface area (TPSA) is 12.9 Å². The maximum absolute atomic E-state index is 4.28. The monoisotopic (exact) mass is 253 g/mol. The molecule has 0 spiro atoms. The van der Waals surface area contributed by atoms with Gasteiger partial charge in [-0.1, -0.05) is 31.9 Å². The smallest absolute Gasteiger partial charge is 0.0445 e. The van der Waals surface area contributed by atoms with Gasteiger partial charge in [0.25, 0.3) is 0 Å². The van der Waals surface area contributed by atoms with Gasteiger partial charge < -0.3 is 0 Å². The van der Waals surface area contributed by atoms with Crippen LogP contribution < -0.4 is 0 Å². The third kappa shape index (κ3) is 3.62. The normalized spacial score (nSPS) is 11.1. The Bertz CT molecular complexity index is 318. The third-order valence-electron chi connectivity index (χ3n) is 2.11. The van der Waals surface area contributed by atoms with E-state index in [1.54, 1.807) is 0 Å². The van der Waals surface area contributed by atoms with Gasteiger partial charge in [0.2, 0.25) is 0 Å². The van der Waals surface area contributed by atoms with Crippen molar-refractivity contribution in [1.82, 2.24) is 4.98 Å². The maximum Gasteiger partial charge on any atom is 0.0445 e. The molecule has 0 N–H and O–H groups in total. The van der Waals surface area contributed by atoms with Gasteiger partial charge in [0, 0.05) is 16.4 Å². The second-order valence-electron chi connectivity index (χ2n) is 3.37. The molecule has 0 aromatic carbocycles. The zero-order chi connectivity index (χ0) is 10.4. The molecule has 2 heteroatoms. The highest BCUT2D eigenvalue weighted by Crippen LogP contribution is 2.15. The van der Waals surface area contributed by atoms with Crippen LogP contribution in [0.4, 0.5) is 0 Å². The molecule has 0 atom stereocenters. The molecule has 1 rings (SSSR count). The summed E-state index contributed by atoms with van der Waals surface area (Å²) in [6, 6.07) is 2.10. The average Bonchev–Trinajstić information content (AvgIpc) is 2.18. The van der Waals surface area contributed by atoms with E-state index in [2.05, 4.69) is 46.1 Å². The summed E-state index contributed by atoms with van der Waals surface area (Å²) < 4.78 is 1.04. The number of allylic oxidation sites excluding steroid dienone is 1. The Morgan fingerprint density at radius 3 is 3.00 bits per heavy atom. The van der Waals surface area contributed by atoms with Gasteiger partial charge in [-0.25, -0.2) is 0 Å². The number of nitrogens with zero attached hydrogens (tertiary/aromatic N) is 1. The van der Waals surface area contributed by atoms with Crippen LogP contribution in [0, 0.1) is 6.92 Å². The summed E-state index contributed by atoms with van der Waals surface area (Å²) in [5, 5.41) is 0. The van der Waals surface area contributed by atoms with Crippen LogP contribution >= 0.6 is 15.9 Å². The predicted octanol–water partition coefficient (Wildman–Crippen LogP) is 4.36. The third-order valence-corrected chi connectivity index (χ3v) is 2.55. The van der Waals surface area contributed by atoms with E-state index in [0.717, 1.165) is 16.6 Å². The number of hydrogen-bond donors (Lipinski definition) is 0. The molecule has 0 amide bonds. The molecule has 0 saturated carbocycles. The van der Waals surface area contributed by atoms with E-state index in [1.807, 2.05) is 13.1 Å². The Morgan fingerprint density at radius 2 is 2.29 bits per heavy atom. The Kier molecular flexibility index (Phi) is 4.88. The predicted molar refractivity (Wildman–Crippen MR) is 65.2 cm³/mol. The summed E-state index contributed by atoms with van der Waals surface area (Å²) in [5.41, 5.74) is 2.29. The van der Waals surface area contributed by atoms with Crippen LogP contribution in [0.5, 0.6) is 0 Å². The van der Waals surface area contributed by atoms with Crippen molar-refractivity contribution in [3.8, 4) is 0 Å². The fraction of sp³-hybridized carbons (Fsp3) is 0.417. The lowest BCUT2D eigenvalue weighted by atomic mass is 10.1. The number of halogens is 1. The van der Waals surface area contributed by atoms with Crippen LogP contribution in [0.1, 0.15) is 37.4 Å². The fourth-order valence-corrected chi connectivity index (χ4v) is 1.57. The first-order valence-electron chi connectivity index (χ1n) is 5.02. The molecule has 0 radical (unpaired) electrons. The molecule has 14 heavy (non-hydrogen) atoms. The van der Waals surface area contributed by atoms with Crippen molar-refractivity contribution < 1.29 is 0 Å². The standard InChI is InChI=1S/C12H16BrN/c1-3-4-5-6-7-11-8-12(13)9-14-10(11)2/h6-9H,3-5H2,1-2H3/b7-6-. The Hall–Kier alpha value is -0.630. The van der Waals surface area contributed by atoms with Crippen molar-refractivity contribution >= 4 is 22.0 Å². The number of pyridine rings is 1. The Balaban J connectivity index is 2.65. The van der Waals surface area contributed by atoms with Gasteiger partial charge in [-0.2, -0.15) is 0 Å². The quantitative estimate of drug-likeness (QED) is 0.727. The van der Waals surface area contributed by atoms with E-state index in [0.29, 0.717) is 0 Å². The molecule has 1 aromatic rings. The van der Waals surface area contributed by atoms with Crippen LogP contribution in [-0.4, -0.2) is 4.98 Å². The minimum Gasteiger partial charge on any atom is -0.260 e. The van der Waals surface area contributed by atoms with E-state index >= 15 is 0 Å². The van der Waals surface area contributed by atoms with Gasteiger partial charge in [-0.3, -0.25) is 4.98 Å². The van der Waals surface area contributed by atoms with Crippen molar-refractivity contribution in [2.24, 2.45) is 0 Å². The maximum atomic E-state index is 4.28. The van der Waals surface area contributed by atoms with Crippen molar-refractivity contribution in [1.29, 1.82) is 0 Å². The van der Waals surface area contributed by atoms with Crippen molar-refractivity contribution in [2.45, 2.75) is 33.1 Å². The molecule has 0 saturated heterocycles. The van der Waals surface area contributed by atoms with E-state index < -0.39 is 0 Å². The van der Waals surface area contributed by atoms with Crippen LogP contribution in [0.25, 0.3) is 6.08 Å². The second-order valence-corrected chi connectivity index (χ2v) is 4.29. The highest BCUT2D eigenvalue weighted by atomic mass is 79.9. The fourth-order valence-electron chi connectivity index (χ4n) is 1.22. The molecule has 0 fully saturated rings. The van der Waals surface area contributed by atoms with Gasteiger partial charge in [0.05, 0.1) is 0 Å². The molecular formula is C12H16BrN. The number of hydrogen-bond acceptors (Lipinski definition) is 1. The molecule has 1 heterocycles. The molecule has 1 nitrogen and oxygen atoms in total.